The van der Waals surface area contributed by atoms with Crippen LogP contribution in [0.15, 0.2) is 28.7 Å². The second-order valence-corrected chi connectivity index (χ2v) is 5.82. The van der Waals surface area contributed by atoms with Gasteiger partial charge >= 0.3 is 0 Å². The minimum absolute atomic E-state index is 0.384. The largest absolute Gasteiger partial charge is 0.497 e. The molecule has 0 spiro atoms. The van der Waals surface area contributed by atoms with Gasteiger partial charge in [-0.25, -0.2) is 4.98 Å². The van der Waals surface area contributed by atoms with E-state index in [-0.39, 0.29) is 0 Å². The van der Waals surface area contributed by atoms with Gasteiger partial charge in [0.25, 0.3) is 0 Å². The topological polar surface area (TPSA) is 44.5 Å². The molecule has 1 aromatic carbocycles. The van der Waals surface area contributed by atoms with E-state index in [1.54, 1.807) is 7.11 Å². The Morgan fingerprint density at radius 3 is 2.55 bits per heavy atom. The molecular formula is C18H23NO3. The van der Waals surface area contributed by atoms with Crippen LogP contribution in [0, 0.1) is 6.92 Å². The maximum absolute atomic E-state index is 5.99. The molecule has 0 amide bonds. The molecule has 1 aromatic heterocycles. The van der Waals surface area contributed by atoms with E-state index >= 15 is 0 Å². The maximum Gasteiger partial charge on any atom is 0.226 e. The number of hydrogen-bond donors (Lipinski definition) is 0. The van der Waals surface area contributed by atoms with Crippen molar-refractivity contribution in [2.45, 2.75) is 51.7 Å². The van der Waals surface area contributed by atoms with Crippen molar-refractivity contribution in [3.05, 3.63) is 35.7 Å². The number of aryl methyl sites for hydroxylation is 1. The standard InChI is InChI=1S/C18H23NO3/c1-13-17(12-21-16-6-4-3-5-7-16)19-18(22-13)14-8-10-15(20-2)11-9-14/h8-11,16H,3-7,12H2,1-2H3. The molecule has 1 aliphatic carbocycles. The number of methoxy groups -OCH3 is 1. The van der Waals surface area contributed by atoms with E-state index in [1.807, 2.05) is 31.2 Å². The van der Waals surface area contributed by atoms with Crippen LogP contribution >= 0.6 is 0 Å². The molecule has 1 saturated carbocycles. The number of benzene rings is 1. The average molecular weight is 301 g/mol. The number of rotatable bonds is 5. The Hall–Kier alpha value is -1.81. The summed E-state index contributed by atoms with van der Waals surface area (Å²) in [5.74, 6) is 2.30. The first kappa shape index (κ1) is 15.1. The van der Waals surface area contributed by atoms with Crippen LogP contribution in [-0.4, -0.2) is 18.2 Å². The Bertz CT molecular complexity index is 597. The highest BCUT2D eigenvalue weighted by molar-refractivity contribution is 5.55. The molecule has 3 rings (SSSR count). The third-order valence-electron chi connectivity index (χ3n) is 4.24. The van der Waals surface area contributed by atoms with Crippen LogP contribution in [0.5, 0.6) is 5.75 Å². The number of hydrogen-bond acceptors (Lipinski definition) is 4. The highest BCUT2D eigenvalue weighted by Crippen LogP contribution is 2.26. The summed E-state index contributed by atoms with van der Waals surface area (Å²) in [7, 11) is 1.66. The van der Waals surface area contributed by atoms with E-state index in [0.29, 0.717) is 18.6 Å². The van der Waals surface area contributed by atoms with E-state index < -0.39 is 0 Å². The lowest BCUT2D eigenvalue weighted by Crippen LogP contribution is -2.16. The van der Waals surface area contributed by atoms with Crippen LogP contribution in [-0.2, 0) is 11.3 Å². The fraction of sp³-hybridized carbons (Fsp3) is 0.500. The van der Waals surface area contributed by atoms with Crippen molar-refractivity contribution in [2.24, 2.45) is 0 Å². The minimum Gasteiger partial charge on any atom is -0.497 e. The molecule has 4 nitrogen and oxygen atoms in total. The summed E-state index contributed by atoms with van der Waals surface area (Å²) in [6.45, 7) is 2.48. The quantitative estimate of drug-likeness (QED) is 0.815. The lowest BCUT2D eigenvalue weighted by molar-refractivity contribution is 0.0149. The van der Waals surface area contributed by atoms with Crippen molar-refractivity contribution in [1.29, 1.82) is 0 Å². The van der Waals surface area contributed by atoms with Crippen molar-refractivity contribution in [2.75, 3.05) is 7.11 Å². The van der Waals surface area contributed by atoms with Crippen molar-refractivity contribution in [3.63, 3.8) is 0 Å². The maximum atomic E-state index is 5.99. The van der Waals surface area contributed by atoms with Crippen LogP contribution in [0.3, 0.4) is 0 Å². The van der Waals surface area contributed by atoms with Crippen molar-refractivity contribution in [3.8, 4) is 17.2 Å². The molecule has 0 unspecified atom stereocenters. The van der Waals surface area contributed by atoms with Crippen LogP contribution in [0.1, 0.15) is 43.6 Å². The third-order valence-corrected chi connectivity index (χ3v) is 4.24. The Balaban J connectivity index is 1.66. The van der Waals surface area contributed by atoms with Crippen LogP contribution in [0.4, 0.5) is 0 Å². The van der Waals surface area contributed by atoms with Crippen molar-refractivity contribution < 1.29 is 13.9 Å². The molecule has 1 fully saturated rings. The molecule has 0 aliphatic heterocycles. The zero-order valence-corrected chi connectivity index (χ0v) is 13.3. The fourth-order valence-corrected chi connectivity index (χ4v) is 2.85. The molecule has 0 saturated heterocycles. The summed E-state index contributed by atoms with van der Waals surface area (Å²) in [6.07, 6.45) is 6.61. The summed E-state index contributed by atoms with van der Waals surface area (Å²) in [4.78, 5) is 4.59. The SMILES string of the molecule is COc1ccc(-c2nc(COC3CCCCC3)c(C)o2)cc1. The first-order valence-electron chi connectivity index (χ1n) is 7.98. The van der Waals surface area contributed by atoms with Crippen LogP contribution in [0.2, 0.25) is 0 Å². The second kappa shape index (κ2) is 6.97. The first-order chi connectivity index (χ1) is 10.8. The minimum atomic E-state index is 0.384. The van der Waals surface area contributed by atoms with Crippen LogP contribution < -0.4 is 4.74 Å². The molecule has 2 aromatic rings. The van der Waals surface area contributed by atoms with Gasteiger partial charge in [-0.2, -0.15) is 0 Å². The molecule has 1 heterocycles. The zero-order valence-electron chi connectivity index (χ0n) is 13.3. The van der Waals surface area contributed by atoms with E-state index in [1.165, 1.54) is 32.1 Å². The number of nitrogens with zero attached hydrogens (tertiary/aromatic N) is 1. The van der Waals surface area contributed by atoms with Crippen molar-refractivity contribution >= 4 is 0 Å². The monoisotopic (exact) mass is 301 g/mol. The van der Waals surface area contributed by atoms with Gasteiger partial charge in [0.2, 0.25) is 5.89 Å². The highest BCUT2D eigenvalue weighted by atomic mass is 16.5. The smallest absolute Gasteiger partial charge is 0.226 e. The molecule has 4 heteroatoms. The van der Waals surface area contributed by atoms with Crippen molar-refractivity contribution in [1.82, 2.24) is 4.98 Å². The Morgan fingerprint density at radius 2 is 1.86 bits per heavy atom. The zero-order chi connectivity index (χ0) is 15.4. The molecule has 0 N–H and O–H groups in total. The van der Waals surface area contributed by atoms with Gasteiger partial charge in [-0.15, -0.1) is 0 Å². The molecule has 0 atom stereocenters. The van der Waals surface area contributed by atoms with Gasteiger partial charge in [0, 0.05) is 5.56 Å². The molecule has 0 radical (unpaired) electrons. The third kappa shape index (κ3) is 3.50. The van der Waals surface area contributed by atoms with Gasteiger partial charge < -0.3 is 13.9 Å². The molecule has 1 aliphatic rings. The van der Waals surface area contributed by atoms with Gasteiger partial charge in [-0.1, -0.05) is 19.3 Å². The van der Waals surface area contributed by atoms with Gasteiger partial charge in [0.15, 0.2) is 0 Å². The summed E-state index contributed by atoms with van der Waals surface area (Å²) in [6, 6.07) is 7.73. The predicted octanol–water partition coefficient (Wildman–Crippen LogP) is 4.51. The first-order valence-corrected chi connectivity index (χ1v) is 7.98. The lowest BCUT2D eigenvalue weighted by atomic mass is 9.98. The average Bonchev–Trinajstić information content (AvgIpc) is 2.95. The van der Waals surface area contributed by atoms with Gasteiger partial charge in [-0.3, -0.25) is 0 Å². The molecule has 118 valence electrons. The normalized spacial score (nSPS) is 15.9. The summed E-state index contributed by atoms with van der Waals surface area (Å²) >= 11 is 0. The van der Waals surface area contributed by atoms with Gasteiger partial charge in [0.1, 0.15) is 17.2 Å². The molecular weight excluding hydrogens is 278 g/mol. The predicted molar refractivity (Wildman–Crippen MR) is 84.9 cm³/mol. The summed E-state index contributed by atoms with van der Waals surface area (Å²) in [5, 5.41) is 0. The Labute approximate surface area is 131 Å². The molecule has 22 heavy (non-hydrogen) atoms. The van der Waals surface area contributed by atoms with E-state index in [4.69, 9.17) is 13.9 Å². The summed E-state index contributed by atoms with van der Waals surface area (Å²) in [5.41, 5.74) is 1.85. The van der Waals surface area contributed by atoms with E-state index in [9.17, 15) is 0 Å². The fourth-order valence-electron chi connectivity index (χ4n) is 2.85. The van der Waals surface area contributed by atoms with Crippen LogP contribution in [0.25, 0.3) is 11.5 Å². The number of oxazole rings is 1. The van der Waals surface area contributed by atoms with E-state index in [0.717, 1.165) is 22.8 Å². The van der Waals surface area contributed by atoms with Gasteiger partial charge in [-0.05, 0) is 44.0 Å². The lowest BCUT2D eigenvalue weighted by Gasteiger charge is -2.21. The summed E-state index contributed by atoms with van der Waals surface area (Å²) < 4.78 is 16.9. The Kier molecular flexibility index (Phi) is 4.78. The second-order valence-electron chi connectivity index (χ2n) is 5.82. The number of ether oxygens (including phenoxy) is 2. The van der Waals surface area contributed by atoms with E-state index in [2.05, 4.69) is 4.98 Å². The Morgan fingerprint density at radius 1 is 1.14 bits per heavy atom. The molecule has 0 bridgehead atoms. The highest BCUT2D eigenvalue weighted by Gasteiger charge is 2.17. The number of aromatic nitrogens is 1. The van der Waals surface area contributed by atoms with Gasteiger partial charge in [0.05, 0.1) is 19.8 Å².